The predicted octanol–water partition coefficient (Wildman–Crippen LogP) is -0.348. The largest absolute Gasteiger partial charge is 0.346 e. The van der Waals surface area contributed by atoms with Gasteiger partial charge in [0.25, 0.3) is 10.2 Å². The van der Waals surface area contributed by atoms with E-state index in [-0.39, 0.29) is 0 Å². The molecule has 0 heterocycles. The highest BCUT2D eigenvalue weighted by atomic mass is 32.2. The number of nitro groups is 2. The first-order valence-electron chi connectivity index (χ1n) is 3.81. The molecule has 0 aromatic heterocycles. The molecule has 11 heteroatoms. The average Bonchev–Trinajstić information content (AvgIpc) is 2.15. The maximum atomic E-state index is 10.2. The summed E-state index contributed by atoms with van der Waals surface area (Å²) in [5.41, 5.74) is -0.968. The molecule has 0 saturated heterocycles. The molecule has 1 aromatic rings. The minimum absolute atomic E-state index is 0.484. The van der Waals surface area contributed by atoms with Crippen molar-refractivity contribution in [1.82, 2.24) is 0 Å². The monoisotopic (exact) mass is 264 g/mol. The Morgan fingerprint density at radius 3 is 1.35 bits per heavy atom. The Morgan fingerprint density at radius 1 is 0.941 bits per heavy atom. The molecule has 0 aliphatic rings. The first-order valence-corrected chi connectivity index (χ1v) is 5.42. The second kappa shape index (κ2) is 5.83. The van der Waals surface area contributed by atoms with Gasteiger partial charge in [0.15, 0.2) is 0 Å². The summed E-state index contributed by atoms with van der Waals surface area (Å²) in [6, 6.07) is 4.95. The van der Waals surface area contributed by atoms with Crippen molar-refractivity contribution in [3.05, 3.63) is 44.5 Å². The number of hydrogen-bond acceptors (Lipinski definition) is 6. The highest BCUT2D eigenvalue weighted by molar-refractivity contribution is 7.86. The molecule has 0 spiro atoms. The first kappa shape index (κ1) is 14.9. The SMILES string of the molecule is NS(N)(=O)=O.O=[N+]([O-])c1ccccc1[N+](=O)[O-]. The summed E-state index contributed by atoms with van der Waals surface area (Å²) in [7, 11) is -3.67. The molecule has 1 aromatic carbocycles. The van der Waals surface area contributed by atoms with E-state index in [1.807, 2.05) is 0 Å². The van der Waals surface area contributed by atoms with Crippen molar-refractivity contribution >= 4 is 21.6 Å². The molecule has 0 unspecified atom stereocenters. The molecular formula is C6H8N4O6S. The summed E-state index contributed by atoms with van der Waals surface area (Å²) >= 11 is 0. The fourth-order valence-corrected chi connectivity index (χ4v) is 0.773. The van der Waals surface area contributed by atoms with Gasteiger partial charge in [-0.1, -0.05) is 12.1 Å². The molecule has 0 radical (unpaired) electrons. The molecular weight excluding hydrogens is 256 g/mol. The number of rotatable bonds is 2. The summed E-state index contributed by atoms with van der Waals surface area (Å²) in [6.45, 7) is 0. The Labute approximate surface area is 95.3 Å². The standard InChI is InChI=1S/C6H4N2O4.H4N2O2S/c9-7(10)5-3-1-2-4-6(5)8(11)12;1-5(2,3)4/h1-4H;(H4,1,2,3,4). The van der Waals surface area contributed by atoms with Gasteiger partial charge in [-0.2, -0.15) is 8.42 Å². The molecule has 94 valence electrons. The predicted molar refractivity (Wildman–Crippen MR) is 57.0 cm³/mol. The number of nitro benzene ring substituents is 2. The Hall–Kier alpha value is -2.11. The average molecular weight is 264 g/mol. The van der Waals surface area contributed by atoms with Crippen LogP contribution in [0.4, 0.5) is 11.4 Å². The third-order valence-electron chi connectivity index (χ3n) is 1.28. The van der Waals surface area contributed by atoms with E-state index in [0.29, 0.717) is 0 Å². The third-order valence-corrected chi connectivity index (χ3v) is 1.28. The Morgan fingerprint density at radius 2 is 1.18 bits per heavy atom. The van der Waals surface area contributed by atoms with E-state index in [9.17, 15) is 28.6 Å². The molecule has 4 N–H and O–H groups in total. The minimum atomic E-state index is -3.67. The van der Waals surface area contributed by atoms with Crippen molar-refractivity contribution in [2.45, 2.75) is 0 Å². The molecule has 0 fully saturated rings. The Kier molecular flexibility index (Phi) is 5.11. The van der Waals surface area contributed by atoms with Crippen molar-refractivity contribution in [2.75, 3.05) is 0 Å². The van der Waals surface area contributed by atoms with Crippen molar-refractivity contribution in [3.63, 3.8) is 0 Å². The topological polar surface area (TPSA) is 172 Å². The smallest absolute Gasteiger partial charge is 0.258 e. The van der Waals surface area contributed by atoms with Crippen molar-refractivity contribution in [3.8, 4) is 0 Å². The molecule has 10 nitrogen and oxygen atoms in total. The zero-order chi connectivity index (χ0) is 13.6. The first-order chi connectivity index (χ1) is 7.63. The Balaban J connectivity index is 0.000000437. The van der Waals surface area contributed by atoms with E-state index >= 15 is 0 Å². The summed E-state index contributed by atoms with van der Waals surface area (Å²) in [4.78, 5) is 18.9. The lowest BCUT2D eigenvalue weighted by molar-refractivity contribution is -0.422. The lowest BCUT2D eigenvalue weighted by Crippen LogP contribution is -2.21. The van der Waals surface area contributed by atoms with Crippen LogP contribution in [-0.4, -0.2) is 18.3 Å². The van der Waals surface area contributed by atoms with Gasteiger partial charge in [-0.3, -0.25) is 20.2 Å². The van der Waals surface area contributed by atoms with Crippen LogP contribution in [0.2, 0.25) is 0 Å². The Bertz CT molecular complexity index is 486. The van der Waals surface area contributed by atoms with Gasteiger partial charge in [-0.25, -0.2) is 10.3 Å². The molecule has 0 amide bonds. The third kappa shape index (κ3) is 6.88. The number of nitrogens with zero attached hydrogens (tertiary/aromatic N) is 2. The maximum absolute atomic E-state index is 10.2. The fraction of sp³-hybridized carbons (Fsp3) is 0. The van der Waals surface area contributed by atoms with Gasteiger partial charge in [0.1, 0.15) is 0 Å². The van der Waals surface area contributed by atoms with Crippen LogP contribution >= 0.6 is 0 Å². The van der Waals surface area contributed by atoms with Crippen LogP contribution in [0.25, 0.3) is 0 Å². The lowest BCUT2D eigenvalue weighted by Gasteiger charge is -1.91. The zero-order valence-corrected chi connectivity index (χ0v) is 9.03. The van der Waals surface area contributed by atoms with E-state index in [1.165, 1.54) is 12.1 Å². The fourth-order valence-electron chi connectivity index (χ4n) is 0.773. The quantitative estimate of drug-likeness (QED) is 0.545. The normalized spacial score (nSPS) is 10.0. The molecule has 0 atom stereocenters. The number of hydrogen-bond donors (Lipinski definition) is 2. The lowest BCUT2D eigenvalue weighted by atomic mass is 10.3. The van der Waals surface area contributed by atoms with Crippen LogP contribution in [0.1, 0.15) is 0 Å². The molecule has 0 aliphatic heterocycles. The van der Waals surface area contributed by atoms with E-state index in [4.69, 9.17) is 0 Å². The summed E-state index contributed by atoms with van der Waals surface area (Å²) in [6.07, 6.45) is 0. The molecule has 0 saturated carbocycles. The highest BCUT2D eigenvalue weighted by Crippen LogP contribution is 2.24. The van der Waals surface area contributed by atoms with Crippen LogP contribution in [0.15, 0.2) is 24.3 Å². The van der Waals surface area contributed by atoms with E-state index in [1.54, 1.807) is 0 Å². The van der Waals surface area contributed by atoms with Gasteiger partial charge < -0.3 is 0 Å². The van der Waals surface area contributed by atoms with Crippen molar-refractivity contribution in [1.29, 1.82) is 0 Å². The van der Waals surface area contributed by atoms with Crippen LogP contribution in [0.3, 0.4) is 0 Å². The second-order valence-electron chi connectivity index (χ2n) is 2.59. The zero-order valence-electron chi connectivity index (χ0n) is 8.22. The van der Waals surface area contributed by atoms with Crippen LogP contribution in [0, 0.1) is 20.2 Å². The number of para-hydroxylation sites is 2. The highest BCUT2D eigenvalue weighted by Gasteiger charge is 2.21. The summed E-state index contributed by atoms with van der Waals surface area (Å²) < 4.78 is 18.4. The van der Waals surface area contributed by atoms with Gasteiger partial charge in [-0.15, -0.1) is 0 Å². The van der Waals surface area contributed by atoms with Gasteiger partial charge in [0, 0.05) is 12.1 Å². The van der Waals surface area contributed by atoms with Gasteiger partial charge >= 0.3 is 11.4 Å². The van der Waals surface area contributed by atoms with E-state index in [0.717, 1.165) is 12.1 Å². The van der Waals surface area contributed by atoms with Gasteiger partial charge in [0.05, 0.1) is 9.85 Å². The number of benzene rings is 1. The number of nitrogens with two attached hydrogens (primary N) is 2. The van der Waals surface area contributed by atoms with Gasteiger partial charge in [0.2, 0.25) is 0 Å². The minimum Gasteiger partial charge on any atom is -0.258 e. The van der Waals surface area contributed by atoms with Crippen LogP contribution in [-0.2, 0) is 10.2 Å². The molecule has 17 heavy (non-hydrogen) atoms. The maximum Gasteiger partial charge on any atom is 0.346 e. The molecule has 0 bridgehead atoms. The van der Waals surface area contributed by atoms with E-state index in [2.05, 4.69) is 10.3 Å². The van der Waals surface area contributed by atoms with Crippen LogP contribution < -0.4 is 10.3 Å². The summed E-state index contributed by atoms with van der Waals surface area (Å²) in [5, 5.41) is 28.7. The van der Waals surface area contributed by atoms with E-state index < -0.39 is 31.4 Å². The molecule has 0 aliphatic carbocycles. The second-order valence-corrected chi connectivity index (χ2v) is 3.77. The van der Waals surface area contributed by atoms with Crippen molar-refractivity contribution in [2.24, 2.45) is 10.3 Å². The summed E-state index contributed by atoms with van der Waals surface area (Å²) in [5.74, 6) is 0. The molecule has 1 rings (SSSR count). The van der Waals surface area contributed by atoms with Crippen LogP contribution in [0.5, 0.6) is 0 Å². The van der Waals surface area contributed by atoms with Gasteiger partial charge in [-0.05, 0) is 0 Å². The van der Waals surface area contributed by atoms with Crippen molar-refractivity contribution < 1.29 is 18.3 Å².